The summed E-state index contributed by atoms with van der Waals surface area (Å²) >= 11 is 4.91. The zero-order valence-electron chi connectivity index (χ0n) is 10.9. The van der Waals surface area contributed by atoms with Gasteiger partial charge < -0.3 is 5.32 Å². The number of hydrogen-bond donors (Lipinski definition) is 1. The highest BCUT2D eigenvalue weighted by Gasteiger charge is 2.13. The summed E-state index contributed by atoms with van der Waals surface area (Å²) in [6, 6.07) is 5.09. The molecular weight excluding hydrogens is 342 g/mol. The Morgan fingerprint density at radius 2 is 2.25 bits per heavy atom. The molecule has 20 heavy (non-hydrogen) atoms. The van der Waals surface area contributed by atoms with Crippen LogP contribution < -0.4 is 5.32 Å². The van der Waals surface area contributed by atoms with Crippen molar-refractivity contribution in [2.75, 3.05) is 0 Å². The minimum atomic E-state index is -0.361. The van der Waals surface area contributed by atoms with Gasteiger partial charge in [0.15, 0.2) is 0 Å². The summed E-state index contributed by atoms with van der Waals surface area (Å²) in [6.45, 7) is 3.17. The van der Waals surface area contributed by atoms with E-state index in [4.69, 9.17) is 0 Å². The number of nitrogens with zero attached hydrogens (tertiary/aromatic N) is 2. The van der Waals surface area contributed by atoms with E-state index in [1.54, 1.807) is 17.4 Å². The molecule has 0 aliphatic carbocycles. The lowest BCUT2D eigenvalue weighted by Gasteiger charge is -2.04. The maximum Gasteiger partial charge on any atom is 0.275 e. The number of thiazole rings is 1. The first-order valence-electron chi connectivity index (χ1n) is 6.17. The summed E-state index contributed by atoms with van der Waals surface area (Å²) in [5.41, 5.74) is 0.797. The highest BCUT2D eigenvalue weighted by Crippen LogP contribution is 2.23. The highest BCUT2D eigenvalue weighted by molar-refractivity contribution is 9.10. The molecule has 1 aromatic carbocycles. The predicted molar refractivity (Wildman–Crippen MR) is 82.8 cm³/mol. The van der Waals surface area contributed by atoms with Gasteiger partial charge in [0, 0.05) is 40.3 Å². The van der Waals surface area contributed by atoms with Gasteiger partial charge in [-0.3, -0.25) is 10.1 Å². The Morgan fingerprint density at radius 1 is 1.45 bits per heavy atom. The lowest BCUT2D eigenvalue weighted by molar-refractivity contribution is -0.385. The zero-order valence-corrected chi connectivity index (χ0v) is 13.3. The Kier molecular flexibility index (Phi) is 5.22. The van der Waals surface area contributed by atoms with E-state index in [9.17, 15) is 10.1 Å². The number of rotatable bonds is 6. The summed E-state index contributed by atoms with van der Waals surface area (Å²) in [6.07, 6.45) is 2.86. The molecule has 5 nitrogen and oxygen atoms in total. The van der Waals surface area contributed by atoms with Crippen LogP contribution in [0.5, 0.6) is 0 Å². The molecule has 1 N–H and O–H groups in total. The molecule has 1 aromatic heterocycles. The molecule has 106 valence electrons. The molecule has 0 amide bonds. The van der Waals surface area contributed by atoms with Crippen LogP contribution in [-0.2, 0) is 19.5 Å². The first-order valence-corrected chi connectivity index (χ1v) is 7.78. The van der Waals surface area contributed by atoms with Gasteiger partial charge >= 0.3 is 0 Å². The fraction of sp³-hybridized carbons (Fsp3) is 0.308. The average molecular weight is 356 g/mol. The van der Waals surface area contributed by atoms with Gasteiger partial charge in [0.25, 0.3) is 5.69 Å². The van der Waals surface area contributed by atoms with Crippen LogP contribution in [0.25, 0.3) is 0 Å². The van der Waals surface area contributed by atoms with E-state index >= 15 is 0 Å². The number of nitro benzene ring substituents is 1. The predicted octanol–water partition coefficient (Wildman–Crippen LogP) is 3.67. The van der Waals surface area contributed by atoms with Gasteiger partial charge in [0.2, 0.25) is 0 Å². The summed E-state index contributed by atoms with van der Waals surface area (Å²) < 4.78 is 0.709. The Balaban J connectivity index is 1.98. The number of nitrogens with one attached hydrogen (secondary N) is 1. The molecule has 7 heteroatoms. The molecule has 0 aliphatic rings. The number of benzene rings is 1. The van der Waals surface area contributed by atoms with E-state index in [2.05, 4.69) is 33.2 Å². The first-order chi connectivity index (χ1) is 9.60. The van der Waals surface area contributed by atoms with E-state index in [0.717, 1.165) is 11.4 Å². The summed E-state index contributed by atoms with van der Waals surface area (Å²) in [4.78, 5) is 16.2. The second-order valence-electron chi connectivity index (χ2n) is 4.21. The Labute approximate surface area is 129 Å². The Hall–Kier alpha value is -1.31. The van der Waals surface area contributed by atoms with Gasteiger partial charge in [-0.1, -0.05) is 22.9 Å². The van der Waals surface area contributed by atoms with Crippen LogP contribution in [-0.4, -0.2) is 9.91 Å². The van der Waals surface area contributed by atoms with Crippen molar-refractivity contribution < 1.29 is 4.92 Å². The van der Waals surface area contributed by atoms with E-state index in [1.807, 2.05) is 12.3 Å². The maximum atomic E-state index is 11.0. The van der Waals surface area contributed by atoms with Crippen LogP contribution in [0.4, 0.5) is 5.69 Å². The smallest absolute Gasteiger partial charge is 0.275 e. The molecule has 2 aromatic rings. The largest absolute Gasteiger partial charge is 0.306 e. The molecule has 0 unspecified atom stereocenters. The van der Waals surface area contributed by atoms with E-state index in [0.29, 0.717) is 23.1 Å². The van der Waals surface area contributed by atoms with Gasteiger partial charge in [-0.05, 0) is 18.6 Å². The highest BCUT2D eigenvalue weighted by atomic mass is 79.9. The van der Waals surface area contributed by atoms with Crippen molar-refractivity contribution >= 4 is 33.0 Å². The molecular formula is C13H14BrN3O2S. The van der Waals surface area contributed by atoms with Crippen LogP contribution in [0.3, 0.4) is 0 Å². The molecule has 0 saturated heterocycles. The zero-order chi connectivity index (χ0) is 14.5. The minimum absolute atomic E-state index is 0.125. The summed E-state index contributed by atoms with van der Waals surface area (Å²) in [7, 11) is 0. The molecule has 0 saturated carbocycles. The molecule has 0 spiro atoms. The van der Waals surface area contributed by atoms with E-state index < -0.39 is 0 Å². The van der Waals surface area contributed by atoms with Crippen molar-refractivity contribution in [1.29, 1.82) is 0 Å². The number of hydrogen-bond acceptors (Lipinski definition) is 5. The third-order valence-corrected chi connectivity index (χ3v) is 4.42. The molecule has 0 fully saturated rings. The van der Waals surface area contributed by atoms with Gasteiger partial charge in [0.05, 0.1) is 4.92 Å². The lowest BCUT2D eigenvalue weighted by atomic mass is 10.2. The van der Waals surface area contributed by atoms with E-state index in [-0.39, 0.29) is 10.6 Å². The summed E-state index contributed by atoms with van der Waals surface area (Å²) in [5, 5.41) is 15.2. The van der Waals surface area contributed by atoms with Gasteiger partial charge in [0.1, 0.15) is 5.01 Å². The van der Waals surface area contributed by atoms with Gasteiger partial charge in [-0.2, -0.15) is 0 Å². The number of aromatic nitrogens is 1. The van der Waals surface area contributed by atoms with Crippen molar-refractivity contribution in [3.63, 3.8) is 0 Å². The van der Waals surface area contributed by atoms with E-state index in [1.165, 1.54) is 10.9 Å². The average Bonchev–Trinajstić information content (AvgIpc) is 2.88. The van der Waals surface area contributed by atoms with Crippen LogP contribution in [0.15, 0.2) is 28.9 Å². The normalized spacial score (nSPS) is 10.7. The number of aryl methyl sites for hydroxylation is 1. The first kappa shape index (κ1) is 15.1. The number of nitro groups is 1. The van der Waals surface area contributed by atoms with Crippen molar-refractivity contribution in [3.05, 3.63) is 54.4 Å². The van der Waals surface area contributed by atoms with Crippen LogP contribution >= 0.6 is 27.3 Å². The Bertz CT molecular complexity index is 615. The fourth-order valence-corrected chi connectivity index (χ4v) is 2.93. The quantitative estimate of drug-likeness (QED) is 0.634. The summed E-state index contributed by atoms with van der Waals surface area (Å²) in [5.74, 6) is 0. The molecule has 1 heterocycles. The van der Waals surface area contributed by atoms with Crippen LogP contribution in [0.1, 0.15) is 22.4 Å². The molecule has 0 aliphatic heterocycles. The SMILES string of the molecule is CCc1cnc(CNCc2ccc(Br)cc2[N+](=O)[O-])s1. The van der Waals surface area contributed by atoms with Crippen LogP contribution in [0, 0.1) is 10.1 Å². The fourth-order valence-electron chi connectivity index (χ4n) is 1.75. The second-order valence-corrected chi connectivity index (χ2v) is 6.32. The number of halogens is 1. The topological polar surface area (TPSA) is 68.1 Å². The second kappa shape index (κ2) is 6.92. The van der Waals surface area contributed by atoms with Gasteiger partial charge in [-0.15, -0.1) is 11.3 Å². The standard InChI is InChI=1S/C13H14BrN3O2S/c1-2-11-7-16-13(20-11)8-15-6-9-3-4-10(14)5-12(9)17(18)19/h3-5,7,15H,2,6,8H2,1H3. The molecule has 0 atom stereocenters. The van der Waals surface area contributed by atoms with Crippen molar-refractivity contribution in [2.24, 2.45) is 0 Å². The minimum Gasteiger partial charge on any atom is -0.306 e. The van der Waals surface area contributed by atoms with Crippen molar-refractivity contribution in [2.45, 2.75) is 26.4 Å². The van der Waals surface area contributed by atoms with Crippen molar-refractivity contribution in [1.82, 2.24) is 10.3 Å². The third-order valence-electron chi connectivity index (χ3n) is 2.79. The monoisotopic (exact) mass is 355 g/mol. The lowest BCUT2D eigenvalue weighted by Crippen LogP contribution is -2.13. The molecule has 0 radical (unpaired) electrons. The van der Waals surface area contributed by atoms with Crippen LogP contribution in [0.2, 0.25) is 0 Å². The Morgan fingerprint density at radius 3 is 2.90 bits per heavy atom. The molecule has 2 rings (SSSR count). The maximum absolute atomic E-state index is 11.0. The molecule has 0 bridgehead atoms. The van der Waals surface area contributed by atoms with Gasteiger partial charge in [-0.25, -0.2) is 4.98 Å². The van der Waals surface area contributed by atoms with Crippen molar-refractivity contribution in [3.8, 4) is 0 Å². The third kappa shape index (κ3) is 3.84.